The van der Waals surface area contributed by atoms with Crippen LogP contribution in [0.5, 0.6) is 0 Å². The van der Waals surface area contributed by atoms with E-state index in [2.05, 4.69) is 15.4 Å². The smallest absolute Gasteiger partial charge is 0.408 e. The van der Waals surface area contributed by atoms with Gasteiger partial charge >= 0.3 is 12.1 Å². The molecule has 1 aromatic carbocycles. The molecule has 0 bridgehead atoms. The number of esters is 1. The second kappa shape index (κ2) is 13.3. The van der Waals surface area contributed by atoms with Crippen molar-refractivity contribution in [1.29, 1.82) is 0 Å². The fraction of sp³-hybridized carbons (Fsp3) is 0.593. The molecule has 1 aromatic rings. The Labute approximate surface area is 224 Å². The number of amides is 4. The molecule has 0 aliphatic rings. The minimum Gasteiger partial charge on any atom is -0.468 e. The van der Waals surface area contributed by atoms with Crippen LogP contribution in [0.25, 0.3) is 0 Å². The highest BCUT2D eigenvalue weighted by atomic mass is 16.6. The molecule has 11 nitrogen and oxygen atoms in total. The first-order valence-corrected chi connectivity index (χ1v) is 12.4. The molecule has 38 heavy (non-hydrogen) atoms. The largest absolute Gasteiger partial charge is 0.468 e. The number of carbonyl (C=O) groups is 5. The van der Waals surface area contributed by atoms with Crippen LogP contribution in [-0.2, 0) is 28.7 Å². The molecule has 0 aromatic heterocycles. The van der Waals surface area contributed by atoms with Gasteiger partial charge in [0.25, 0.3) is 0 Å². The van der Waals surface area contributed by atoms with Crippen LogP contribution in [0.4, 0.5) is 4.79 Å². The third-order valence-corrected chi connectivity index (χ3v) is 5.33. The number of nitrogens with two attached hydrogens (primary N) is 1. The number of hydrogen-bond donors (Lipinski definition) is 3. The zero-order valence-corrected chi connectivity index (χ0v) is 23.9. The molecule has 4 amide bonds. The van der Waals surface area contributed by atoms with Gasteiger partial charge in [-0.1, -0.05) is 29.3 Å². The van der Waals surface area contributed by atoms with Crippen LogP contribution in [0.15, 0.2) is 18.2 Å². The van der Waals surface area contributed by atoms with Gasteiger partial charge in [0.1, 0.15) is 24.2 Å². The van der Waals surface area contributed by atoms with E-state index in [1.165, 1.54) is 12.0 Å². The van der Waals surface area contributed by atoms with Crippen LogP contribution in [0.2, 0.25) is 0 Å². The Morgan fingerprint density at radius 1 is 0.974 bits per heavy atom. The lowest BCUT2D eigenvalue weighted by atomic mass is 9.93. The fourth-order valence-corrected chi connectivity index (χ4v) is 3.92. The van der Waals surface area contributed by atoms with Crippen LogP contribution in [0, 0.1) is 13.8 Å². The first-order valence-electron chi connectivity index (χ1n) is 12.4. The molecule has 212 valence electrons. The van der Waals surface area contributed by atoms with Crippen molar-refractivity contribution in [1.82, 2.24) is 15.5 Å². The number of primary amides is 1. The maximum absolute atomic E-state index is 14.1. The van der Waals surface area contributed by atoms with Crippen LogP contribution >= 0.6 is 0 Å². The first-order chi connectivity index (χ1) is 17.4. The van der Waals surface area contributed by atoms with Gasteiger partial charge in [-0.2, -0.15) is 0 Å². The van der Waals surface area contributed by atoms with E-state index < -0.39 is 59.6 Å². The Hall–Kier alpha value is -3.63. The van der Waals surface area contributed by atoms with Crippen molar-refractivity contribution in [3.05, 3.63) is 34.9 Å². The Balaban J connectivity index is 3.64. The SMILES string of the molecule is COC(=O)CNC(=O)C(c1cc(C)cc(C)c1)N(C(=O)C(CCC(N)=O)NC(=O)OC(C)(C)C)C(C)(C)C. The van der Waals surface area contributed by atoms with Crippen molar-refractivity contribution in [2.45, 2.75) is 91.5 Å². The van der Waals surface area contributed by atoms with E-state index in [-0.39, 0.29) is 12.8 Å². The van der Waals surface area contributed by atoms with Crippen LogP contribution in [-0.4, -0.2) is 65.5 Å². The normalized spacial score (nSPS) is 13.1. The lowest BCUT2D eigenvalue weighted by molar-refractivity contribution is -0.149. The van der Waals surface area contributed by atoms with Gasteiger partial charge in [0.2, 0.25) is 17.7 Å². The maximum atomic E-state index is 14.1. The summed E-state index contributed by atoms with van der Waals surface area (Å²) in [6.45, 7) is 13.6. The van der Waals surface area contributed by atoms with Gasteiger partial charge in [0, 0.05) is 12.0 Å². The molecule has 4 N–H and O–H groups in total. The van der Waals surface area contributed by atoms with Gasteiger partial charge in [-0.05, 0) is 67.4 Å². The van der Waals surface area contributed by atoms with E-state index in [9.17, 15) is 24.0 Å². The van der Waals surface area contributed by atoms with Gasteiger partial charge in [-0.3, -0.25) is 19.2 Å². The zero-order chi connectivity index (χ0) is 29.4. The summed E-state index contributed by atoms with van der Waals surface area (Å²) in [7, 11) is 1.20. The van der Waals surface area contributed by atoms with Crippen LogP contribution < -0.4 is 16.4 Å². The summed E-state index contributed by atoms with van der Waals surface area (Å²) in [5.74, 6) is -2.55. The molecule has 0 fully saturated rings. The van der Waals surface area contributed by atoms with Crippen LogP contribution in [0.3, 0.4) is 0 Å². The van der Waals surface area contributed by atoms with Crippen molar-refractivity contribution in [3.63, 3.8) is 0 Å². The molecule has 0 heterocycles. The number of nitrogens with one attached hydrogen (secondary N) is 2. The molecule has 11 heteroatoms. The number of benzene rings is 1. The molecular weight excluding hydrogens is 492 g/mol. The highest BCUT2D eigenvalue weighted by molar-refractivity contribution is 5.94. The monoisotopic (exact) mass is 534 g/mol. The lowest BCUT2D eigenvalue weighted by Gasteiger charge is -2.43. The quantitative estimate of drug-likeness (QED) is 0.389. The van der Waals surface area contributed by atoms with E-state index in [4.69, 9.17) is 10.5 Å². The number of methoxy groups -OCH3 is 1. The summed E-state index contributed by atoms with van der Waals surface area (Å²) in [6.07, 6.45) is -1.15. The van der Waals surface area contributed by atoms with E-state index in [1.54, 1.807) is 53.7 Å². The first kappa shape index (κ1) is 32.4. The number of alkyl carbamates (subject to hydrolysis) is 1. The lowest BCUT2D eigenvalue weighted by Crippen LogP contribution is -2.59. The number of hydrogen-bond acceptors (Lipinski definition) is 7. The standard InChI is InChI=1S/C27H42N4O7/c1-16-12-17(2)14-18(13-16)22(23(34)29-15-21(33)37-9)31(26(3,4)5)24(35)19(10-11-20(28)32)30-25(36)38-27(6,7)8/h12-14,19,22H,10-11,15H2,1-9H3,(H2,28,32)(H,29,34)(H,30,36). The van der Waals surface area contributed by atoms with Gasteiger partial charge in [0.05, 0.1) is 7.11 Å². The Bertz CT molecular complexity index is 1020. The fourth-order valence-electron chi connectivity index (χ4n) is 3.92. The predicted molar refractivity (Wildman–Crippen MR) is 142 cm³/mol. The van der Waals surface area contributed by atoms with E-state index in [1.807, 2.05) is 19.9 Å². The number of carbonyl (C=O) groups excluding carboxylic acids is 5. The molecule has 2 atom stereocenters. The second-order valence-electron chi connectivity index (χ2n) is 11.2. The summed E-state index contributed by atoms with van der Waals surface area (Å²) in [5.41, 5.74) is 5.80. The Morgan fingerprint density at radius 3 is 1.97 bits per heavy atom. The minimum atomic E-state index is -1.22. The molecule has 1 rings (SSSR count). The van der Waals surface area contributed by atoms with Crippen molar-refractivity contribution >= 4 is 29.8 Å². The van der Waals surface area contributed by atoms with Crippen molar-refractivity contribution in [3.8, 4) is 0 Å². The molecule has 0 radical (unpaired) electrons. The van der Waals surface area contributed by atoms with E-state index in [0.717, 1.165) is 11.1 Å². The number of nitrogens with zero attached hydrogens (tertiary/aromatic N) is 1. The summed E-state index contributed by atoms with van der Waals surface area (Å²) in [4.78, 5) is 65.0. The topological polar surface area (TPSA) is 157 Å². The molecule has 0 spiro atoms. The summed E-state index contributed by atoms with van der Waals surface area (Å²) in [5, 5.41) is 5.09. The number of aryl methyl sites for hydroxylation is 2. The average Bonchev–Trinajstić information content (AvgIpc) is 2.74. The van der Waals surface area contributed by atoms with Gasteiger partial charge < -0.3 is 30.7 Å². The van der Waals surface area contributed by atoms with Crippen molar-refractivity contribution in [2.24, 2.45) is 5.73 Å². The third-order valence-electron chi connectivity index (χ3n) is 5.33. The predicted octanol–water partition coefficient (Wildman–Crippen LogP) is 2.42. The van der Waals surface area contributed by atoms with Crippen LogP contribution in [0.1, 0.15) is 77.1 Å². The van der Waals surface area contributed by atoms with Gasteiger partial charge in [0.15, 0.2) is 0 Å². The average molecular weight is 535 g/mol. The zero-order valence-electron chi connectivity index (χ0n) is 23.9. The Kier molecular flexibility index (Phi) is 11.3. The van der Waals surface area contributed by atoms with Crippen molar-refractivity contribution in [2.75, 3.05) is 13.7 Å². The van der Waals surface area contributed by atoms with Gasteiger partial charge in [-0.25, -0.2) is 4.79 Å². The van der Waals surface area contributed by atoms with Gasteiger partial charge in [-0.15, -0.1) is 0 Å². The van der Waals surface area contributed by atoms with Crippen molar-refractivity contribution < 1.29 is 33.4 Å². The summed E-state index contributed by atoms with van der Waals surface area (Å²) < 4.78 is 9.96. The molecule has 2 unspecified atom stereocenters. The number of rotatable bonds is 10. The molecular formula is C27H42N4O7. The summed E-state index contributed by atoms with van der Waals surface area (Å²) in [6, 6.07) is 3.08. The number of ether oxygens (including phenoxy) is 2. The second-order valence-corrected chi connectivity index (χ2v) is 11.2. The third kappa shape index (κ3) is 10.4. The Morgan fingerprint density at radius 2 is 1.53 bits per heavy atom. The molecule has 0 aliphatic heterocycles. The molecule has 0 saturated heterocycles. The molecule has 0 saturated carbocycles. The van der Waals surface area contributed by atoms with E-state index in [0.29, 0.717) is 5.56 Å². The minimum absolute atomic E-state index is 0.108. The maximum Gasteiger partial charge on any atom is 0.408 e. The van der Waals surface area contributed by atoms with E-state index >= 15 is 0 Å². The molecule has 0 aliphatic carbocycles. The highest BCUT2D eigenvalue weighted by Crippen LogP contribution is 2.31. The highest BCUT2D eigenvalue weighted by Gasteiger charge is 2.42. The summed E-state index contributed by atoms with van der Waals surface area (Å²) >= 11 is 0.